The predicted molar refractivity (Wildman–Crippen MR) is 90.2 cm³/mol. The van der Waals surface area contributed by atoms with Crippen LogP contribution in [0.4, 0.5) is 11.6 Å². The van der Waals surface area contributed by atoms with Crippen LogP contribution in [0.5, 0.6) is 0 Å². The highest BCUT2D eigenvalue weighted by atomic mass is 15.2. The third kappa shape index (κ3) is 4.08. The minimum atomic E-state index is 0.434. The number of anilines is 2. The van der Waals surface area contributed by atoms with Crippen molar-refractivity contribution in [2.24, 2.45) is 0 Å². The minimum absolute atomic E-state index is 0.434. The van der Waals surface area contributed by atoms with Crippen LogP contribution in [0.3, 0.4) is 0 Å². The fourth-order valence-corrected chi connectivity index (χ4v) is 2.71. The molecule has 0 aromatic carbocycles. The molecule has 1 aromatic heterocycles. The Balaban J connectivity index is 2.30. The largest absolute Gasteiger partial charge is 0.370 e. The summed E-state index contributed by atoms with van der Waals surface area (Å²) in [5.74, 6) is 2.62. The van der Waals surface area contributed by atoms with Gasteiger partial charge in [-0.1, -0.05) is 34.1 Å². The minimum Gasteiger partial charge on any atom is -0.370 e. The maximum absolute atomic E-state index is 4.66. The van der Waals surface area contributed by atoms with Gasteiger partial charge in [-0.2, -0.15) is 0 Å². The molecule has 0 bridgehead atoms. The van der Waals surface area contributed by atoms with Gasteiger partial charge in [0.2, 0.25) is 0 Å². The molecule has 1 N–H and O–H groups in total. The highest BCUT2D eigenvalue weighted by Crippen LogP contribution is 2.37. The van der Waals surface area contributed by atoms with Crippen molar-refractivity contribution in [2.45, 2.75) is 71.8 Å². The molecule has 21 heavy (non-hydrogen) atoms. The highest BCUT2D eigenvalue weighted by molar-refractivity contribution is 5.61. The summed E-state index contributed by atoms with van der Waals surface area (Å²) in [5.41, 5.74) is 1.29. The van der Waals surface area contributed by atoms with E-state index >= 15 is 0 Å². The first-order valence-electron chi connectivity index (χ1n) is 8.54. The summed E-state index contributed by atoms with van der Waals surface area (Å²) < 4.78 is 0. The second-order valence-corrected chi connectivity index (χ2v) is 6.32. The van der Waals surface area contributed by atoms with Crippen molar-refractivity contribution in [3.8, 4) is 0 Å². The van der Waals surface area contributed by atoms with Crippen LogP contribution in [0.2, 0.25) is 0 Å². The van der Waals surface area contributed by atoms with E-state index in [4.69, 9.17) is 0 Å². The quantitative estimate of drug-likeness (QED) is 0.740. The van der Waals surface area contributed by atoms with Crippen LogP contribution >= 0.6 is 0 Å². The van der Waals surface area contributed by atoms with Crippen molar-refractivity contribution in [1.29, 1.82) is 0 Å². The summed E-state index contributed by atoms with van der Waals surface area (Å²) in [5, 5.41) is 3.48. The van der Waals surface area contributed by atoms with E-state index in [9.17, 15) is 0 Å². The number of unbranched alkanes of at least 4 members (excludes halogenated alkanes) is 1. The van der Waals surface area contributed by atoms with Gasteiger partial charge in [-0.15, -0.1) is 0 Å². The van der Waals surface area contributed by atoms with Crippen LogP contribution in [0.1, 0.15) is 71.3 Å². The second kappa shape index (κ2) is 7.62. The fourth-order valence-electron chi connectivity index (χ4n) is 2.71. The predicted octanol–water partition coefficient (Wildman–Crippen LogP) is 4.19. The Morgan fingerprint density at radius 1 is 1.24 bits per heavy atom. The number of hydrogen-bond acceptors (Lipinski definition) is 4. The average molecular weight is 290 g/mol. The first-order valence-corrected chi connectivity index (χ1v) is 8.54. The molecule has 4 nitrogen and oxygen atoms in total. The molecular weight excluding hydrogens is 260 g/mol. The summed E-state index contributed by atoms with van der Waals surface area (Å²) in [6.07, 6.45) is 7.91. The Bertz CT molecular complexity index is 440. The smallest absolute Gasteiger partial charge is 0.137 e. The Kier molecular flexibility index (Phi) is 5.83. The lowest BCUT2D eigenvalue weighted by Gasteiger charge is -2.28. The molecular formula is C17H30N4. The number of aromatic nitrogens is 2. The van der Waals surface area contributed by atoms with Gasteiger partial charge in [-0.3, -0.25) is 0 Å². The Hall–Kier alpha value is -1.32. The van der Waals surface area contributed by atoms with E-state index in [0.717, 1.165) is 31.1 Å². The third-order valence-corrected chi connectivity index (χ3v) is 3.99. The van der Waals surface area contributed by atoms with E-state index in [2.05, 4.69) is 47.9 Å². The van der Waals surface area contributed by atoms with E-state index in [0.29, 0.717) is 12.0 Å². The first kappa shape index (κ1) is 16.1. The Labute approximate surface area is 129 Å². The van der Waals surface area contributed by atoms with Crippen molar-refractivity contribution in [3.63, 3.8) is 0 Å². The molecule has 1 aromatic rings. The molecule has 1 saturated carbocycles. The van der Waals surface area contributed by atoms with Crippen LogP contribution < -0.4 is 10.2 Å². The molecule has 1 aliphatic carbocycles. The summed E-state index contributed by atoms with van der Waals surface area (Å²) >= 11 is 0. The molecule has 2 rings (SSSR count). The third-order valence-electron chi connectivity index (χ3n) is 3.99. The lowest BCUT2D eigenvalue weighted by atomic mass is 10.0. The number of nitrogens with one attached hydrogen (secondary N) is 1. The Morgan fingerprint density at radius 2 is 2.00 bits per heavy atom. The molecule has 4 heteroatoms. The molecule has 0 amide bonds. The zero-order valence-electron chi connectivity index (χ0n) is 14.0. The van der Waals surface area contributed by atoms with Gasteiger partial charge in [0.1, 0.15) is 18.0 Å². The van der Waals surface area contributed by atoms with Crippen molar-refractivity contribution in [2.75, 3.05) is 23.3 Å². The fraction of sp³-hybridized carbons (Fsp3) is 0.765. The normalized spacial score (nSPS) is 14.5. The van der Waals surface area contributed by atoms with Crippen LogP contribution in [0.15, 0.2) is 6.33 Å². The first-order chi connectivity index (χ1) is 10.2. The lowest BCUT2D eigenvalue weighted by Crippen LogP contribution is -2.29. The van der Waals surface area contributed by atoms with Gasteiger partial charge in [0, 0.05) is 24.7 Å². The Morgan fingerprint density at radius 3 is 2.57 bits per heavy atom. The van der Waals surface area contributed by atoms with Crippen molar-refractivity contribution in [3.05, 3.63) is 11.9 Å². The zero-order valence-corrected chi connectivity index (χ0v) is 14.0. The number of hydrogen-bond donors (Lipinski definition) is 1. The van der Waals surface area contributed by atoms with Crippen molar-refractivity contribution < 1.29 is 0 Å². The maximum atomic E-state index is 4.66. The van der Waals surface area contributed by atoms with Gasteiger partial charge in [0.05, 0.1) is 0 Å². The summed E-state index contributed by atoms with van der Waals surface area (Å²) in [4.78, 5) is 11.7. The molecule has 118 valence electrons. The monoisotopic (exact) mass is 290 g/mol. The van der Waals surface area contributed by atoms with Crippen molar-refractivity contribution in [1.82, 2.24) is 9.97 Å². The average Bonchev–Trinajstić information content (AvgIpc) is 3.30. The van der Waals surface area contributed by atoms with Gasteiger partial charge >= 0.3 is 0 Å². The van der Waals surface area contributed by atoms with E-state index in [1.807, 2.05) is 0 Å². The molecule has 0 saturated heterocycles. The maximum Gasteiger partial charge on any atom is 0.137 e. The van der Waals surface area contributed by atoms with E-state index in [1.165, 1.54) is 31.2 Å². The molecule has 0 radical (unpaired) electrons. The molecule has 0 unspecified atom stereocenters. The number of nitrogens with zero attached hydrogens (tertiary/aromatic N) is 3. The van der Waals surface area contributed by atoms with E-state index in [1.54, 1.807) is 6.33 Å². The standard InChI is InChI=1S/C17H30N4/c1-5-7-11-21(14-8-9-14)17-15(13(3)4)16(18-10-6-2)19-12-20-17/h12-14H,5-11H2,1-4H3,(H,18,19,20). The summed E-state index contributed by atoms with van der Waals surface area (Å²) in [6, 6.07) is 0.697. The van der Waals surface area contributed by atoms with Crippen LogP contribution in [-0.2, 0) is 0 Å². The molecule has 1 fully saturated rings. The molecule has 0 spiro atoms. The second-order valence-electron chi connectivity index (χ2n) is 6.32. The van der Waals surface area contributed by atoms with Gasteiger partial charge in [0.25, 0.3) is 0 Å². The topological polar surface area (TPSA) is 41.1 Å². The zero-order chi connectivity index (χ0) is 15.2. The van der Waals surface area contributed by atoms with Gasteiger partial charge in [-0.05, 0) is 31.6 Å². The van der Waals surface area contributed by atoms with Crippen LogP contribution in [0.25, 0.3) is 0 Å². The lowest BCUT2D eigenvalue weighted by molar-refractivity contribution is 0.692. The van der Waals surface area contributed by atoms with E-state index < -0.39 is 0 Å². The summed E-state index contributed by atoms with van der Waals surface area (Å²) in [7, 11) is 0. The van der Waals surface area contributed by atoms with E-state index in [-0.39, 0.29) is 0 Å². The van der Waals surface area contributed by atoms with Gasteiger partial charge in [-0.25, -0.2) is 9.97 Å². The molecule has 1 aliphatic rings. The highest BCUT2D eigenvalue weighted by Gasteiger charge is 2.32. The van der Waals surface area contributed by atoms with Gasteiger partial charge in [0.15, 0.2) is 0 Å². The molecule has 1 heterocycles. The molecule has 0 atom stereocenters. The summed E-state index contributed by atoms with van der Waals surface area (Å²) in [6.45, 7) is 11.0. The molecule has 0 aliphatic heterocycles. The van der Waals surface area contributed by atoms with Crippen LogP contribution in [-0.4, -0.2) is 29.1 Å². The van der Waals surface area contributed by atoms with Crippen molar-refractivity contribution >= 4 is 11.6 Å². The van der Waals surface area contributed by atoms with Crippen LogP contribution in [0, 0.1) is 0 Å². The number of rotatable bonds is 9. The SMILES string of the molecule is CCCCN(c1ncnc(NCCC)c1C(C)C)C1CC1. The van der Waals surface area contributed by atoms with Gasteiger partial charge < -0.3 is 10.2 Å².